The number of rotatable bonds is 2. The number of aromatic nitrogens is 1. The number of allylic oxidation sites excluding steroid dienone is 1. The molecular weight excluding hydrogens is 322 g/mol. The number of nitrogens with zero attached hydrogens (tertiary/aromatic N) is 1. The predicted octanol–water partition coefficient (Wildman–Crippen LogP) is 5.36. The molecule has 0 radical (unpaired) electrons. The number of hydrogen-bond donors (Lipinski definition) is 1. The first-order valence-corrected chi connectivity index (χ1v) is 8.95. The number of benzene rings is 2. The zero-order valence-electron chi connectivity index (χ0n) is 15.0. The summed E-state index contributed by atoms with van der Waals surface area (Å²) in [7, 11) is 0. The molecule has 3 heteroatoms. The van der Waals surface area contributed by atoms with Crippen molar-refractivity contribution in [2.24, 2.45) is 5.92 Å². The van der Waals surface area contributed by atoms with Gasteiger partial charge in [-0.25, -0.2) is 9.78 Å². The van der Waals surface area contributed by atoms with E-state index in [4.69, 9.17) is 4.98 Å². The second-order valence-electron chi connectivity index (χ2n) is 7.23. The van der Waals surface area contributed by atoms with Gasteiger partial charge >= 0.3 is 5.97 Å². The number of aryl methyl sites for hydroxylation is 1. The second kappa shape index (κ2) is 6.41. The monoisotopic (exact) mass is 343 g/mol. The molecule has 1 aliphatic rings. The molecule has 1 heterocycles. The van der Waals surface area contributed by atoms with Crippen molar-refractivity contribution in [3.05, 3.63) is 76.5 Å². The summed E-state index contributed by atoms with van der Waals surface area (Å²) < 4.78 is 0. The van der Waals surface area contributed by atoms with Crippen LogP contribution in [0.3, 0.4) is 0 Å². The van der Waals surface area contributed by atoms with Crippen LogP contribution in [-0.2, 0) is 6.42 Å². The van der Waals surface area contributed by atoms with E-state index in [0.717, 1.165) is 46.1 Å². The molecule has 1 atom stereocenters. The largest absolute Gasteiger partial charge is 0.478 e. The summed E-state index contributed by atoms with van der Waals surface area (Å²) in [5, 5.41) is 10.6. The number of fused-ring (bicyclic) bond motifs is 2. The van der Waals surface area contributed by atoms with Gasteiger partial charge in [-0.2, -0.15) is 0 Å². The highest BCUT2D eigenvalue weighted by Gasteiger charge is 2.27. The van der Waals surface area contributed by atoms with Gasteiger partial charge in [0, 0.05) is 5.39 Å². The third kappa shape index (κ3) is 2.90. The number of hydrogen-bond acceptors (Lipinski definition) is 2. The number of pyridine rings is 1. The molecule has 0 spiro atoms. The SMILES string of the molecule is Cc1cccc(C=C2CC(C)Cc3c2nc2ccccc2c3C(=O)O)c1. The Hall–Kier alpha value is -2.94. The summed E-state index contributed by atoms with van der Waals surface area (Å²) in [6, 6.07) is 15.9. The first kappa shape index (κ1) is 16.5. The van der Waals surface area contributed by atoms with Gasteiger partial charge in [0.05, 0.1) is 16.8 Å². The van der Waals surface area contributed by atoms with Gasteiger partial charge in [0.2, 0.25) is 0 Å². The molecule has 4 rings (SSSR count). The van der Waals surface area contributed by atoms with Crippen LogP contribution in [0.25, 0.3) is 22.6 Å². The summed E-state index contributed by atoms with van der Waals surface area (Å²) >= 11 is 0. The second-order valence-corrected chi connectivity index (χ2v) is 7.23. The molecule has 130 valence electrons. The van der Waals surface area contributed by atoms with Crippen LogP contribution in [-0.4, -0.2) is 16.1 Å². The molecule has 0 amide bonds. The Labute approximate surface area is 153 Å². The van der Waals surface area contributed by atoms with Crippen LogP contribution in [0.15, 0.2) is 48.5 Å². The Morgan fingerprint density at radius 2 is 1.96 bits per heavy atom. The van der Waals surface area contributed by atoms with Gasteiger partial charge in [-0.3, -0.25) is 0 Å². The van der Waals surface area contributed by atoms with Crippen LogP contribution in [0.4, 0.5) is 0 Å². The maximum Gasteiger partial charge on any atom is 0.336 e. The van der Waals surface area contributed by atoms with E-state index in [1.165, 1.54) is 5.56 Å². The molecule has 0 bridgehead atoms. The van der Waals surface area contributed by atoms with Gasteiger partial charge in [0.25, 0.3) is 0 Å². The van der Waals surface area contributed by atoms with Crippen molar-refractivity contribution in [1.82, 2.24) is 4.98 Å². The Bertz CT molecular complexity index is 1050. The molecule has 2 aromatic carbocycles. The smallest absolute Gasteiger partial charge is 0.336 e. The number of carboxylic acid groups (broad SMARTS) is 1. The fraction of sp³-hybridized carbons (Fsp3) is 0.217. The van der Waals surface area contributed by atoms with E-state index >= 15 is 0 Å². The standard InChI is InChI=1S/C23H21NO2/c1-14-6-5-7-16(10-14)13-17-11-15(2)12-19-21(23(25)26)18-8-3-4-9-20(18)24-22(17)19/h3-10,13,15H,11-12H2,1-2H3,(H,25,26). The van der Waals surface area contributed by atoms with Gasteiger partial charge in [0.15, 0.2) is 0 Å². The van der Waals surface area contributed by atoms with E-state index in [-0.39, 0.29) is 0 Å². The van der Waals surface area contributed by atoms with E-state index in [1.807, 2.05) is 30.3 Å². The number of para-hydroxylation sites is 1. The Morgan fingerprint density at radius 1 is 1.15 bits per heavy atom. The minimum absolute atomic E-state index is 0.389. The van der Waals surface area contributed by atoms with E-state index < -0.39 is 5.97 Å². The van der Waals surface area contributed by atoms with Crippen molar-refractivity contribution >= 4 is 28.5 Å². The van der Waals surface area contributed by atoms with Crippen molar-refractivity contribution in [2.75, 3.05) is 0 Å². The highest BCUT2D eigenvalue weighted by Crippen LogP contribution is 2.38. The maximum atomic E-state index is 12.1. The molecule has 0 saturated carbocycles. The number of carboxylic acids is 1. The van der Waals surface area contributed by atoms with Gasteiger partial charge < -0.3 is 5.11 Å². The molecule has 1 aliphatic carbocycles. The molecule has 0 saturated heterocycles. The lowest BCUT2D eigenvalue weighted by Crippen LogP contribution is -2.17. The lowest BCUT2D eigenvalue weighted by Gasteiger charge is -2.26. The predicted molar refractivity (Wildman–Crippen MR) is 105 cm³/mol. The fourth-order valence-corrected chi connectivity index (χ4v) is 3.94. The Morgan fingerprint density at radius 3 is 2.73 bits per heavy atom. The first-order chi connectivity index (χ1) is 12.5. The first-order valence-electron chi connectivity index (χ1n) is 8.95. The van der Waals surface area contributed by atoms with Crippen molar-refractivity contribution < 1.29 is 9.90 Å². The summed E-state index contributed by atoms with van der Waals surface area (Å²) in [6.07, 6.45) is 3.82. The number of carbonyl (C=O) groups is 1. The summed E-state index contributed by atoms with van der Waals surface area (Å²) in [5.41, 5.74) is 6.33. The fourth-order valence-electron chi connectivity index (χ4n) is 3.94. The molecular formula is C23H21NO2. The molecule has 1 aromatic heterocycles. The highest BCUT2D eigenvalue weighted by molar-refractivity contribution is 6.05. The summed E-state index contributed by atoms with van der Waals surface area (Å²) in [6.45, 7) is 4.25. The molecule has 26 heavy (non-hydrogen) atoms. The van der Waals surface area contributed by atoms with Crippen molar-refractivity contribution in [3.63, 3.8) is 0 Å². The van der Waals surface area contributed by atoms with Gasteiger partial charge in [-0.05, 0) is 54.5 Å². The molecule has 1 unspecified atom stereocenters. The molecule has 0 fully saturated rings. The van der Waals surface area contributed by atoms with E-state index in [1.54, 1.807) is 0 Å². The van der Waals surface area contributed by atoms with E-state index in [9.17, 15) is 9.90 Å². The van der Waals surface area contributed by atoms with E-state index in [0.29, 0.717) is 11.5 Å². The molecule has 3 aromatic rings. The zero-order valence-corrected chi connectivity index (χ0v) is 15.0. The molecule has 1 N–H and O–H groups in total. The number of aromatic carboxylic acids is 1. The van der Waals surface area contributed by atoms with Crippen LogP contribution in [0.5, 0.6) is 0 Å². The summed E-state index contributed by atoms with van der Waals surface area (Å²) in [4.78, 5) is 16.9. The Balaban J connectivity index is 1.99. The van der Waals surface area contributed by atoms with Crippen LogP contribution in [0.1, 0.15) is 46.1 Å². The quantitative estimate of drug-likeness (QED) is 0.681. The third-order valence-corrected chi connectivity index (χ3v) is 5.02. The lowest BCUT2D eigenvalue weighted by atomic mass is 9.80. The van der Waals surface area contributed by atoms with Gasteiger partial charge in [-0.15, -0.1) is 0 Å². The van der Waals surface area contributed by atoms with Crippen LogP contribution < -0.4 is 0 Å². The van der Waals surface area contributed by atoms with Gasteiger partial charge in [0.1, 0.15) is 0 Å². The average molecular weight is 343 g/mol. The van der Waals surface area contributed by atoms with Crippen molar-refractivity contribution in [2.45, 2.75) is 26.7 Å². The minimum atomic E-state index is -0.871. The van der Waals surface area contributed by atoms with Crippen LogP contribution in [0.2, 0.25) is 0 Å². The average Bonchev–Trinajstić information content (AvgIpc) is 2.59. The molecule has 0 aliphatic heterocycles. The minimum Gasteiger partial charge on any atom is -0.478 e. The zero-order chi connectivity index (χ0) is 18.3. The molecule has 3 nitrogen and oxygen atoms in total. The van der Waals surface area contributed by atoms with E-state index in [2.05, 4.69) is 38.1 Å². The third-order valence-electron chi connectivity index (χ3n) is 5.02. The topological polar surface area (TPSA) is 50.2 Å². The van der Waals surface area contributed by atoms with Crippen molar-refractivity contribution in [1.29, 1.82) is 0 Å². The summed E-state index contributed by atoms with van der Waals surface area (Å²) in [5.74, 6) is -0.483. The normalized spacial score (nSPS) is 18.1. The lowest BCUT2D eigenvalue weighted by molar-refractivity contribution is 0.0697. The van der Waals surface area contributed by atoms with Crippen LogP contribution in [0, 0.1) is 12.8 Å². The highest BCUT2D eigenvalue weighted by atomic mass is 16.4. The maximum absolute atomic E-state index is 12.1. The van der Waals surface area contributed by atoms with Gasteiger partial charge in [-0.1, -0.05) is 55.0 Å². The Kier molecular flexibility index (Phi) is 4.08. The van der Waals surface area contributed by atoms with Crippen molar-refractivity contribution in [3.8, 4) is 0 Å². The van der Waals surface area contributed by atoms with Crippen LogP contribution >= 0.6 is 0 Å².